The van der Waals surface area contributed by atoms with Crippen LogP contribution in [0.2, 0.25) is 0 Å². The van der Waals surface area contributed by atoms with Crippen LogP contribution in [0.3, 0.4) is 0 Å². The molecule has 1 aliphatic rings. The number of halogens is 3. The number of rotatable bonds is 6. The van der Waals surface area contributed by atoms with Gasteiger partial charge in [0.05, 0.1) is 35.5 Å². The molecule has 1 amide bonds. The molecule has 0 unspecified atom stereocenters. The van der Waals surface area contributed by atoms with Crippen LogP contribution in [0.4, 0.5) is 18.9 Å². The first-order valence-corrected chi connectivity index (χ1v) is 10.7. The van der Waals surface area contributed by atoms with Gasteiger partial charge in [0.1, 0.15) is 5.75 Å². The summed E-state index contributed by atoms with van der Waals surface area (Å²) in [5.74, 6) is -0.767. The van der Waals surface area contributed by atoms with E-state index < -0.39 is 27.5 Å². The molecule has 2 aromatic rings. The highest BCUT2D eigenvalue weighted by Crippen LogP contribution is 2.30. The molecule has 1 saturated heterocycles. The van der Waals surface area contributed by atoms with Crippen molar-refractivity contribution in [3.8, 4) is 5.75 Å². The van der Waals surface area contributed by atoms with Crippen LogP contribution in [0.1, 0.15) is 22.3 Å². The molecule has 30 heavy (non-hydrogen) atoms. The maximum atomic E-state index is 12.7. The quantitative estimate of drug-likeness (QED) is 0.735. The molecule has 0 radical (unpaired) electrons. The summed E-state index contributed by atoms with van der Waals surface area (Å²) in [5, 5.41) is 2.46. The molecule has 2 aromatic carbocycles. The van der Waals surface area contributed by atoms with Crippen molar-refractivity contribution in [1.29, 1.82) is 0 Å². The summed E-state index contributed by atoms with van der Waals surface area (Å²) < 4.78 is 73.8. The van der Waals surface area contributed by atoms with Gasteiger partial charge < -0.3 is 14.8 Å². The van der Waals surface area contributed by atoms with Crippen LogP contribution in [0.5, 0.6) is 5.75 Å². The molecule has 3 rings (SSSR count). The minimum atomic E-state index is -4.49. The fourth-order valence-electron chi connectivity index (χ4n) is 3.12. The van der Waals surface area contributed by atoms with Gasteiger partial charge >= 0.3 is 6.18 Å². The Morgan fingerprint density at radius 1 is 1.20 bits per heavy atom. The van der Waals surface area contributed by atoms with E-state index in [1.165, 1.54) is 25.3 Å². The predicted molar refractivity (Wildman–Crippen MR) is 103 cm³/mol. The molecule has 0 aromatic heterocycles. The molecule has 1 heterocycles. The smallest absolute Gasteiger partial charge is 0.416 e. The second-order valence-electron chi connectivity index (χ2n) is 6.90. The second kappa shape index (κ2) is 8.65. The third-order valence-corrected chi connectivity index (χ3v) is 6.61. The van der Waals surface area contributed by atoms with Crippen LogP contribution in [0, 0.1) is 5.92 Å². The molecule has 1 atom stereocenters. The molecule has 1 fully saturated rings. The summed E-state index contributed by atoms with van der Waals surface area (Å²) in [6, 6.07) is 7.87. The molecule has 0 saturated carbocycles. The fourth-order valence-corrected chi connectivity index (χ4v) is 4.77. The fraction of sp³-hybridized carbons (Fsp3) is 0.350. The number of anilines is 1. The first kappa shape index (κ1) is 22.1. The summed E-state index contributed by atoms with van der Waals surface area (Å²) in [6.45, 7) is 0.889. The molecule has 10 heteroatoms. The lowest BCUT2D eigenvalue weighted by atomic mass is 10.1. The minimum Gasteiger partial charge on any atom is -0.496 e. The van der Waals surface area contributed by atoms with Gasteiger partial charge in [-0.25, -0.2) is 8.42 Å². The zero-order chi connectivity index (χ0) is 21.9. The molecule has 162 valence electrons. The maximum absolute atomic E-state index is 12.7. The van der Waals surface area contributed by atoms with Gasteiger partial charge in [-0.2, -0.15) is 13.2 Å². The number of carbonyl (C=O) groups excluding carboxylic acids is 1. The largest absolute Gasteiger partial charge is 0.496 e. The Balaban J connectivity index is 1.83. The van der Waals surface area contributed by atoms with Crippen molar-refractivity contribution in [3.63, 3.8) is 0 Å². The lowest BCUT2D eigenvalue weighted by molar-refractivity contribution is -0.137. The number of carbonyl (C=O) groups is 1. The van der Waals surface area contributed by atoms with Gasteiger partial charge in [0, 0.05) is 12.3 Å². The number of benzene rings is 2. The molecular formula is C20H20F3NO5S. The van der Waals surface area contributed by atoms with E-state index in [9.17, 15) is 26.4 Å². The Bertz CT molecular complexity index is 1010. The van der Waals surface area contributed by atoms with E-state index in [0.717, 1.165) is 24.3 Å². The summed E-state index contributed by atoms with van der Waals surface area (Å²) in [5.41, 5.74) is -0.755. The predicted octanol–water partition coefficient (Wildman–Crippen LogP) is 3.78. The SMILES string of the molecule is COc1ccc(S(=O)(=O)C[C@H]2CCOC2)cc1C(=O)Nc1ccc(C(F)(F)F)cc1. The summed E-state index contributed by atoms with van der Waals surface area (Å²) in [4.78, 5) is 12.6. The van der Waals surface area contributed by atoms with Gasteiger partial charge in [-0.15, -0.1) is 0 Å². The van der Waals surface area contributed by atoms with E-state index in [0.29, 0.717) is 19.6 Å². The van der Waals surface area contributed by atoms with Crippen molar-refractivity contribution in [2.24, 2.45) is 5.92 Å². The van der Waals surface area contributed by atoms with E-state index in [2.05, 4.69) is 5.32 Å². The van der Waals surface area contributed by atoms with E-state index in [4.69, 9.17) is 9.47 Å². The number of sulfone groups is 1. The van der Waals surface area contributed by atoms with E-state index in [1.54, 1.807) is 0 Å². The molecule has 6 nitrogen and oxygen atoms in total. The van der Waals surface area contributed by atoms with E-state index in [1.807, 2.05) is 0 Å². The number of hydrogen-bond acceptors (Lipinski definition) is 5. The van der Waals surface area contributed by atoms with Gasteiger partial charge in [-0.05, 0) is 54.8 Å². The summed E-state index contributed by atoms with van der Waals surface area (Å²) in [6.07, 6.45) is -3.84. The van der Waals surface area contributed by atoms with Crippen LogP contribution in [-0.4, -0.2) is 40.4 Å². The third kappa shape index (κ3) is 5.11. The number of methoxy groups -OCH3 is 1. The standard InChI is InChI=1S/C20H20F3NO5S/c1-28-18-7-6-16(30(26,27)12-13-8-9-29-11-13)10-17(18)19(25)24-15-4-2-14(3-5-15)20(21,22)23/h2-7,10,13H,8-9,11-12H2,1H3,(H,24,25)/t13-/m0/s1. The van der Waals surface area contributed by atoms with Crippen LogP contribution in [0.25, 0.3) is 0 Å². The zero-order valence-corrected chi connectivity index (χ0v) is 16.8. The van der Waals surface area contributed by atoms with Crippen molar-refractivity contribution in [3.05, 3.63) is 53.6 Å². The Hall–Kier alpha value is -2.59. The van der Waals surface area contributed by atoms with E-state index in [-0.39, 0.29) is 33.6 Å². The highest BCUT2D eigenvalue weighted by molar-refractivity contribution is 7.91. The van der Waals surface area contributed by atoms with Crippen LogP contribution in [-0.2, 0) is 20.8 Å². The molecule has 0 aliphatic carbocycles. The van der Waals surface area contributed by atoms with Crippen molar-refractivity contribution in [2.75, 3.05) is 31.4 Å². The number of nitrogens with one attached hydrogen (secondary N) is 1. The topological polar surface area (TPSA) is 81.7 Å². The second-order valence-corrected chi connectivity index (χ2v) is 8.94. The minimum absolute atomic E-state index is 0.0345. The molecule has 0 spiro atoms. The number of ether oxygens (including phenoxy) is 2. The van der Waals surface area contributed by atoms with Crippen molar-refractivity contribution < 1.29 is 35.9 Å². The average molecular weight is 443 g/mol. The molecule has 1 N–H and O–H groups in total. The Morgan fingerprint density at radius 2 is 1.90 bits per heavy atom. The van der Waals surface area contributed by atoms with Gasteiger partial charge in [0.2, 0.25) is 0 Å². The Kier molecular flexibility index (Phi) is 6.37. The van der Waals surface area contributed by atoms with Gasteiger partial charge in [0.25, 0.3) is 5.91 Å². The number of hydrogen-bond donors (Lipinski definition) is 1. The highest BCUT2D eigenvalue weighted by Gasteiger charge is 2.30. The number of alkyl halides is 3. The van der Waals surface area contributed by atoms with Crippen molar-refractivity contribution in [1.82, 2.24) is 0 Å². The van der Waals surface area contributed by atoms with Crippen LogP contribution < -0.4 is 10.1 Å². The van der Waals surface area contributed by atoms with Crippen LogP contribution >= 0.6 is 0 Å². The van der Waals surface area contributed by atoms with Crippen molar-refractivity contribution >= 4 is 21.4 Å². The molecule has 1 aliphatic heterocycles. The monoisotopic (exact) mass is 443 g/mol. The molecular weight excluding hydrogens is 423 g/mol. The third-order valence-electron chi connectivity index (χ3n) is 4.72. The lowest BCUT2D eigenvalue weighted by Gasteiger charge is -2.13. The normalized spacial score (nSPS) is 17.0. The first-order valence-electron chi connectivity index (χ1n) is 9.07. The maximum Gasteiger partial charge on any atom is 0.416 e. The number of amides is 1. The van der Waals surface area contributed by atoms with Crippen LogP contribution in [0.15, 0.2) is 47.4 Å². The van der Waals surface area contributed by atoms with Gasteiger partial charge in [0.15, 0.2) is 9.84 Å². The average Bonchev–Trinajstić information content (AvgIpc) is 3.19. The first-order chi connectivity index (χ1) is 14.1. The van der Waals surface area contributed by atoms with Gasteiger partial charge in [-0.3, -0.25) is 4.79 Å². The molecule has 0 bridgehead atoms. The van der Waals surface area contributed by atoms with Gasteiger partial charge in [-0.1, -0.05) is 0 Å². The summed E-state index contributed by atoms with van der Waals surface area (Å²) >= 11 is 0. The zero-order valence-electron chi connectivity index (χ0n) is 16.0. The van der Waals surface area contributed by atoms with Crippen molar-refractivity contribution in [2.45, 2.75) is 17.5 Å². The van der Waals surface area contributed by atoms with E-state index >= 15 is 0 Å². The summed E-state index contributed by atoms with van der Waals surface area (Å²) in [7, 11) is -2.33. The Labute approximate surface area is 171 Å². The lowest BCUT2D eigenvalue weighted by Crippen LogP contribution is -2.18. The Morgan fingerprint density at radius 3 is 2.47 bits per heavy atom. The highest BCUT2D eigenvalue weighted by atomic mass is 32.2.